The number of aryl methyl sites for hydroxylation is 2. The molecule has 2 rings (SSSR count). The van der Waals surface area contributed by atoms with E-state index in [4.69, 9.17) is 0 Å². The van der Waals surface area contributed by atoms with Gasteiger partial charge in [0.2, 0.25) is 5.91 Å². The summed E-state index contributed by atoms with van der Waals surface area (Å²) in [6, 6.07) is 9.00. The summed E-state index contributed by atoms with van der Waals surface area (Å²) < 4.78 is 1.76. The standard InChI is InChI=1S/C16H19N3O2/c1-4-15(20)17-12-7-8-13(11(2)10-12)18-16(21)14-6-5-9-19(14)3/h5-10H,4H2,1-3H3,(H,17,20)(H,18,21). The Labute approximate surface area is 124 Å². The number of nitrogens with one attached hydrogen (secondary N) is 2. The van der Waals surface area contributed by atoms with Crippen molar-refractivity contribution in [2.24, 2.45) is 7.05 Å². The van der Waals surface area contributed by atoms with Crippen LogP contribution in [0.15, 0.2) is 36.5 Å². The molecule has 2 aromatic rings. The predicted molar refractivity (Wildman–Crippen MR) is 83.5 cm³/mol. The summed E-state index contributed by atoms with van der Waals surface area (Å²) in [7, 11) is 1.82. The number of rotatable bonds is 4. The van der Waals surface area contributed by atoms with Crippen molar-refractivity contribution in [3.8, 4) is 0 Å². The normalized spacial score (nSPS) is 10.2. The number of amides is 2. The molecule has 5 heteroatoms. The molecule has 5 nitrogen and oxygen atoms in total. The lowest BCUT2D eigenvalue weighted by molar-refractivity contribution is -0.115. The van der Waals surface area contributed by atoms with E-state index in [2.05, 4.69) is 10.6 Å². The average Bonchev–Trinajstić information content (AvgIpc) is 2.88. The zero-order valence-corrected chi connectivity index (χ0v) is 12.4. The van der Waals surface area contributed by atoms with Crippen molar-refractivity contribution in [1.82, 2.24) is 4.57 Å². The minimum Gasteiger partial charge on any atom is -0.347 e. The lowest BCUT2D eigenvalue weighted by Gasteiger charge is -2.11. The second-order valence-corrected chi connectivity index (χ2v) is 4.89. The highest BCUT2D eigenvalue weighted by Crippen LogP contribution is 2.20. The molecule has 0 saturated carbocycles. The summed E-state index contributed by atoms with van der Waals surface area (Å²) in [5.41, 5.74) is 2.95. The molecular weight excluding hydrogens is 266 g/mol. The first-order valence-corrected chi connectivity index (χ1v) is 6.84. The molecule has 1 aromatic heterocycles. The fourth-order valence-electron chi connectivity index (χ4n) is 2.01. The molecule has 0 radical (unpaired) electrons. The van der Waals surface area contributed by atoms with E-state index in [1.165, 1.54) is 0 Å². The monoisotopic (exact) mass is 285 g/mol. The SMILES string of the molecule is CCC(=O)Nc1ccc(NC(=O)c2cccn2C)c(C)c1. The van der Waals surface area contributed by atoms with Crippen LogP contribution >= 0.6 is 0 Å². The molecular formula is C16H19N3O2. The molecule has 0 unspecified atom stereocenters. The molecule has 0 spiro atoms. The minimum absolute atomic E-state index is 0.0324. The van der Waals surface area contributed by atoms with Gasteiger partial charge in [0.15, 0.2) is 0 Å². The number of anilines is 2. The van der Waals surface area contributed by atoms with Crippen molar-refractivity contribution in [2.45, 2.75) is 20.3 Å². The molecule has 1 heterocycles. The molecule has 0 aliphatic carbocycles. The van der Waals surface area contributed by atoms with E-state index >= 15 is 0 Å². The molecule has 0 bridgehead atoms. The molecule has 110 valence electrons. The van der Waals surface area contributed by atoms with Gasteiger partial charge >= 0.3 is 0 Å². The Morgan fingerprint density at radius 2 is 1.95 bits per heavy atom. The van der Waals surface area contributed by atoms with Crippen LogP contribution in [-0.4, -0.2) is 16.4 Å². The molecule has 1 aromatic carbocycles. The zero-order chi connectivity index (χ0) is 15.4. The van der Waals surface area contributed by atoms with Gasteiger partial charge in [-0.3, -0.25) is 9.59 Å². The third-order valence-electron chi connectivity index (χ3n) is 3.26. The molecule has 21 heavy (non-hydrogen) atoms. The van der Waals surface area contributed by atoms with Crippen molar-refractivity contribution >= 4 is 23.2 Å². The van der Waals surface area contributed by atoms with Gasteiger partial charge in [-0.2, -0.15) is 0 Å². The van der Waals surface area contributed by atoms with Crippen molar-refractivity contribution in [2.75, 3.05) is 10.6 Å². The molecule has 0 saturated heterocycles. The Balaban J connectivity index is 2.13. The molecule has 2 N–H and O–H groups in total. The lowest BCUT2D eigenvalue weighted by atomic mass is 10.1. The molecule has 2 amide bonds. The quantitative estimate of drug-likeness (QED) is 0.907. The zero-order valence-electron chi connectivity index (χ0n) is 12.4. The number of hydrogen-bond donors (Lipinski definition) is 2. The fraction of sp³-hybridized carbons (Fsp3) is 0.250. The predicted octanol–water partition coefficient (Wildman–Crippen LogP) is 2.93. The summed E-state index contributed by atoms with van der Waals surface area (Å²) in [6.45, 7) is 3.69. The lowest BCUT2D eigenvalue weighted by Crippen LogP contribution is -2.16. The average molecular weight is 285 g/mol. The summed E-state index contributed by atoms with van der Waals surface area (Å²) >= 11 is 0. The van der Waals surface area contributed by atoms with Gasteiger partial charge in [0.25, 0.3) is 5.91 Å². The van der Waals surface area contributed by atoms with Gasteiger partial charge in [0, 0.05) is 31.0 Å². The highest BCUT2D eigenvalue weighted by atomic mass is 16.2. The summed E-state index contributed by atoms with van der Waals surface area (Å²) in [6.07, 6.45) is 2.26. The highest BCUT2D eigenvalue weighted by molar-refractivity contribution is 6.03. The Bertz CT molecular complexity index is 674. The summed E-state index contributed by atoms with van der Waals surface area (Å²) in [5, 5.41) is 5.67. The van der Waals surface area contributed by atoms with Crippen LogP contribution in [0.3, 0.4) is 0 Å². The second kappa shape index (κ2) is 6.26. The van der Waals surface area contributed by atoms with Crippen LogP contribution in [0, 0.1) is 6.92 Å². The second-order valence-electron chi connectivity index (χ2n) is 4.89. The number of hydrogen-bond acceptors (Lipinski definition) is 2. The van der Waals surface area contributed by atoms with Gasteiger partial charge < -0.3 is 15.2 Å². The minimum atomic E-state index is -0.157. The van der Waals surface area contributed by atoms with Crippen LogP contribution in [0.25, 0.3) is 0 Å². The van der Waals surface area contributed by atoms with Gasteiger partial charge in [0.1, 0.15) is 5.69 Å². The Kier molecular flexibility index (Phi) is 4.42. The van der Waals surface area contributed by atoms with Crippen molar-refractivity contribution in [1.29, 1.82) is 0 Å². The van der Waals surface area contributed by atoms with Gasteiger partial charge in [-0.25, -0.2) is 0 Å². The first-order chi connectivity index (χ1) is 10.0. The third-order valence-corrected chi connectivity index (χ3v) is 3.26. The van der Waals surface area contributed by atoms with E-state index in [0.717, 1.165) is 16.9 Å². The Morgan fingerprint density at radius 1 is 1.19 bits per heavy atom. The van der Waals surface area contributed by atoms with E-state index in [0.29, 0.717) is 12.1 Å². The van der Waals surface area contributed by atoms with E-state index in [1.807, 2.05) is 32.3 Å². The Morgan fingerprint density at radius 3 is 2.52 bits per heavy atom. The third kappa shape index (κ3) is 3.51. The van der Waals surface area contributed by atoms with Crippen molar-refractivity contribution < 1.29 is 9.59 Å². The number of nitrogens with zero attached hydrogens (tertiary/aromatic N) is 1. The van der Waals surface area contributed by atoms with E-state index in [-0.39, 0.29) is 11.8 Å². The molecule has 0 atom stereocenters. The van der Waals surface area contributed by atoms with Gasteiger partial charge in [-0.05, 0) is 42.8 Å². The van der Waals surface area contributed by atoms with Crippen LogP contribution in [0.1, 0.15) is 29.4 Å². The summed E-state index contributed by atoms with van der Waals surface area (Å²) in [5.74, 6) is -0.189. The smallest absolute Gasteiger partial charge is 0.272 e. The Hall–Kier alpha value is -2.56. The first kappa shape index (κ1) is 14.8. The largest absolute Gasteiger partial charge is 0.347 e. The maximum absolute atomic E-state index is 12.2. The van der Waals surface area contributed by atoms with Gasteiger partial charge in [-0.15, -0.1) is 0 Å². The first-order valence-electron chi connectivity index (χ1n) is 6.84. The van der Waals surface area contributed by atoms with E-state index < -0.39 is 0 Å². The molecule has 0 aliphatic rings. The van der Waals surface area contributed by atoms with Gasteiger partial charge in [0.05, 0.1) is 0 Å². The van der Waals surface area contributed by atoms with Crippen LogP contribution in [-0.2, 0) is 11.8 Å². The number of carbonyl (C=O) groups is 2. The fourth-order valence-corrected chi connectivity index (χ4v) is 2.01. The van der Waals surface area contributed by atoms with Crippen LogP contribution in [0.2, 0.25) is 0 Å². The number of benzene rings is 1. The maximum atomic E-state index is 12.2. The molecule has 0 fully saturated rings. The highest BCUT2D eigenvalue weighted by Gasteiger charge is 2.10. The maximum Gasteiger partial charge on any atom is 0.272 e. The summed E-state index contributed by atoms with van der Waals surface area (Å²) in [4.78, 5) is 23.5. The van der Waals surface area contributed by atoms with Crippen molar-refractivity contribution in [3.63, 3.8) is 0 Å². The van der Waals surface area contributed by atoms with Crippen LogP contribution in [0.5, 0.6) is 0 Å². The van der Waals surface area contributed by atoms with E-state index in [1.54, 1.807) is 29.7 Å². The number of aromatic nitrogens is 1. The van der Waals surface area contributed by atoms with Crippen LogP contribution in [0.4, 0.5) is 11.4 Å². The topological polar surface area (TPSA) is 63.1 Å². The van der Waals surface area contributed by atoms with Crippen LogP contribution < -0.4 is 10.6 Å². The number of carbonyl (C=O) groups excluding carboxylic acids is 2. The van der Waals surface area contributed by atoms with E-state index in [9.17, 15) is 9.59 Å². The van der Waals surface area contributed by atoms with Crippen molar-refractivity contribution in [3.05, 3.63) is 47.8 Å². The molecule has 0 aliphatic heterocycles. The van der Waals surface area contributed by atoms with Gasteiger partial charge in [-0.1, -0.05) is 6.92 Å².